The van der Waals surface area contributed by atoms with Crippen molar-refractivity contribution < 1.29 is 19.1 Å². The van der Waals surface area contributed by atoms with Gasteiger partial charge in [0.2, 0.25) is 0 Å². The molecular formula is C15H27NO4. The average Bonchev–Trinajstić information content (AvgIpc) is 2.35. The molecule has 1 unspecified atom stereocenters. The maximum Gasteiger partial charge on any atom is 0.411 e. The molecule has 0 heterocycles. The summed E-state index contributed by atoms with van der Waals surface area (Å²) < 4.78 is 10.2. The lowest BCUT2D eigenvalue weighted by molar-refractivity contribution is -0.150. The second kappa shape index (κ2) is 6.77. The van der Waals surface area contributed by atoms with Crippen LogP contribution >= 0.6 is 0 Å². The highest BCUT2D eigenvalue weighted by molar-refractivity contribution is 5.88. The maximum atomic E-state index is 12.2. The van der Waals surface area contributed by atoms with E-state index in [0.717, 1.165) is 5.57 Å². The summed E-state index contributed by atoms with van der Waals surface area (Å²) in [7, 11) is 2.86. The van der Waals surface area contributed by atoms with Crippen LogP contribution in [-0.4, -0.2) is 42.3 Å². The maximum absolute atomic E-state index is 12.2. The van der Waals surface area contributed by atoms with Crippen molar-refractivity contribution >= 4 is 12.1 Å². The third-order valence-corrected chi connectivity index (χ3v) is 3.28. The van der Waals surface area contributed by atoms with Crippen molar-refractivity contribution in [2.24, 2.45) is 0 Å². The first kappa shape index (κ1) is 18.5. The van der Waals surface area contributed by atoms with Gasteiger partial charge in [-0.25, -0.2) is 9.59 Å². The van der Waals surface area contributed by atoms with Crippen LogP contribution < -0.4 is 0 Å². The quantitative estimate of drug-likeness (QED) is 0.588. The first-order valence-corrected chi connectivity index (χ1v) is 6.75. The fourth-order valence-electron chi connectivity index (χ4n) is 2.02. The van der Waals surface area contributed by atoms with E-state index < -0.39 is 23.2 Å². The molecule has 0 fully saturated rings. The number of ether oxygens (including phenoxy) is 2. The number of methoxy groups -OCH3 is 1. The van der Waals surface area contributed by atoms with Crippen molar-refractivity contribution in [2.75, 3.05) is 14.2 Å². The second-order valence-electron chi connectivity index (χ2n) is 5.77. The Morgan fingerprint density at radius 2 is 1.70 bits per heavy atom. The third kappa shape index (κ3) is 3.99. The Balaban J connectivity index is 5.56. The summed E-state index contributed by atoms with van der Waals surface area (Å²) >= 11 is 0. The molecular weight excluding hydrogens is 258 g/mol. The Morgan fingerprint density at radius 3 is 2.00 bits per heavy atom. The Bertz CT molecular complexity index is 395. The van der Waals surface area contributed by atoms with Gasteiger partial charge in [0.25, 0.3) is 0 Å². The molecule has 20 heavy (non-hydrogen) atoms. The van der Waals surface area contributed by atoms with Gasteiger partial charge in [-0.15, -0.1) is 0 Å². The molecule has 0 saturated heterocycles. The number of rotatable bonds is 4. The summed E-state index contributed by atoms with van der Waals surface area (Å²) in [5.74, 6) is -0.485. The van der Waals surface area contributed by atoms with Crippen LogP contribution in [0.2, 0.25) is 0 Å². The van der Waals surface area contributed by atoms with Gasteiger partial charge in [-0.05, 0) is 46.6 Å². The zero-order chi connectivity index (χ0) is 16.1. The van der Waals surface area contributed by atoms with E-state index in [4.69, 9.17) is 9.47 Å². The molecule has 0 aliphatic carbocycles. The highest BCUT2D eigenvalue weighted by Crippen LogP contribution is 2.29. The number of likely N-dealkylation sites (N-methyl/N-ethyl adjacent to an activating group) is 1. The minimum atomic E-state index is -1.17. The van der Waals surface area contributed by atoms with Crippen molar-refractivity contribution in [1.82, 2.24) is 4.90 Å². The topological polar surface area (TPSA) is 55.8 Å². The lowest BCUT2D eigenvalue weighted by Crippen LogP contribution is -2.55. The molecule has 0 saturated carbocycles. The van der Waals surface area contributed by atoms with Crippen LogP contribution in [-0.2, 0) is 14.3 Å². The smallest absolute Gasteiger partial charge is 0.411 e. The van der Waals surface area contributed by atoms with E-state index in [1.807, 2.05) is 19.9 Å². The Kier molecular flexibility index (Phi) is 6.26. The largest absolute Gasteiger partial charge is 0.467 e. The molecule has 116 valence electrons. The van der Waals surface area contributed by atoms with Crippen LogP contribution in [0.5, 0.6) is 0 Å². The highest BCUT2D eigenvalue weighted by atomic mass is 16.6. The summed E-state index contributed by atoms with van der Waals surface area (Å²) in [6.07, 6.45) is 1.91. The summed E-state index contributed by atoms with van der Waals surface area (Å²) in [5, 5.41) is 0. The highest BCUT2D eigenvalue weighted by Gasteiger charge is 2.45. The molecule has 0 aromatic rings. The standard InChI is InChI=1S/C15H27NO4/c1-9-11(10-2)15(6,12(17)19-8)16(7)13(18)20-14(3,4)5/h9H,10H2,1-8H3/b11-9+. The van der Waals surface area contributed by atoms with Crippen molar-refractivity contribution in [3.05, 3.63) is 11.6 Å². The van der Waals surface area contributed by atoms with E-state index in [1.165, 1.54) is 12.0 Å². The van der Waals surface area contributed by atoms with Gasteiger partial charge < -0.3 is 9.47 Å². The molecule has 1 atom stereocenters. The molecule has 0 spiro atoms. The van der Waals surface area contributed by atoms with E-state index in [1.54, 1.807) is 34.7 Å². The molecule has 0 aromatic heterocycles. The molecule has 5 nitrogen and oxygen atoms in total. The van der Waals surface area contributed by atoms with E-state index in [-0.39, 0.29) is 0 Å². The monoisotopic (exact) mass is 285 g/mol. The molecule has 0 bridgehead atoms. The molecule has 0 radical (unpaired) electrons. The zero-order valence-corrected chi connectivity index (χ0v) is 13.9. The first-order chi connectivity index (χ1) is 9.04. The number of carbonyl (C=O) groups excluding carboxylic acids is 2. The van der Waals surface area contributed by atoms with Crippen molar-refractivity contribution in [1.29, 1.82) is 0 Å². The molecule has 1 amide bonds. The zero-order valence-electron chi connectivity index (χ0n) is 13.9. The van der Waals surface area contributed by atoms with Gasteiger partial charge in [0.1, 0.15) is 5.60 Å². The second-order valence-corrected chi connectivity index (χ2v) is 5.77. The van der Waals surface area contributed by atoms with Crippen LogP contribution in [0, 0.1) is 0 Å². The van der Waals surface area contributed by atoms with E-state index >= 15 is 0 Å². The van der Waals surface area contributed by atoms with E-state index in [0.29, 0.717) is 6.42 Å². The molecule has 0 aliphatic rings. The van der Waals surface area contributed by atoms with Gasteiger partial charge in [-0.2, -0.15) is 0 Å². The van der Waals surface area contributed by atoms with Crippen LogP contribution in [0.4, 0.5) is 4.79 Å². The Morgan fingerprint density at radius 1 is 1.20 bits per heavy atom. The number of carbonyl (C=O) groups is 2. The molecule has 0 aliphatic heterocycles. The molecule has 0 rings (SSSR count). The summed E-state index contributed by atoms with van der Waals surface area (Å²) in [4.78, 5) is 25.7. The van der Waals surface area contributed by atoms with Crippen LogP contribution in [0.15, 0.2) is 11.6 Å². The van der Waals surface area contributed by atoms with Crippen molar-refractivity contribution in [2.45, 2.75) is 59.1 Å². The lowest BCUT2D eigenvalue weighted by atomic mass is 9.88. The minimum Gasteiger partial charge on any atom is -0.467 e. The minimum absolute atomic E-state index is 0.485. The van der Waals surface area contributed by atoms with Crippen LogP contribution in [0.1, 0.15) is 48.0 Å². The third-order valence-electron chi connectivity index (χ3n) is 3.28. The predicted molar refractivity (Wildman–Crippen MR) is 78.5 cm³/mol. The predicted octanol–water partition coefficient (Wildman–Crippen LogP) is 3.14. The SMILES string of the molecule is C/C=C(\CC)C(C)(C(=O)OC)N(C)C(=O)OC(C)(C)C. The van der Waals surface area contributed by atoms with Gasteiger partial charge >= 0.3 is 12.1 Å². The number of amides is 1. The fourth-order valence-corrected chi connectivity index (χ4v) is 2.02. The van der Waals surface area contributed by atoms with E-state index in [9.17, 15) is 9.59 Å². The first-order valence-electron chi connectivity index (χ1n) is 6.75. The van der Waals surface area contributed by atoms with E-state index in [2.05, 4.69) is 0 Å². The number of hydrogen-bond donors (Lipinski definition) is 0. The summed E-state index contributed by atoms with van der Waals surface area (Å²) in [6.45, 7) is 10.8. The Labute approximate surface area is 121 Å². The van der Waals surface area contributed by atoms with Crippen molar-refractivity contribution in [3.8, 4) is 0 Å². The van der Waals surface area contributed by atoms with Gasteiger partial charge in [0.05, 0.1) is 7.11 Å². The number of hydrogen-bond acceptors (Lipinski definition) is 4. The summed E-state index contributed by atoms with van der Waals surface area (Å²) in [5.41, 5.74) is -0.983. The number of nitrogens with zero attached hydrogens (tertiary/aromatic N) is 1. The van der Waals surface area contributed by atoms with Gasteiger partial charge in [-0.3, -0.25) is 4.90 Å². The molecule has 5 heteroatoms. The van der Waals surface area contributed by atoms with Gasteiger partial charge in [-0.1, -0.05) is 13.0 Å². The lowest BCUT2D eigenvalue weighted by Gasteiger charge is -2.38. The van der Waals surface area contributed by atoms with Gasteiger partial charge in [0.15, 0.2) is 5.54 Å². The van der Waals surface area contributed by atoms with Crippen LogP contribution in [0.25, 0.3) is 0 Å². The fraction of sp³-hybridized carbons (Fsp3) is 0.733. The molecule has 0 N–H and O–H groups in total. The molecule has 0 aromatic carbocycles. The number of allylic oxidation sites excluding steroid dienone is 1. The van der Waals surface area contributed by atoms with Gasteiger partial charge in [0, 0.05) is 7.05 Å². The van der Waals surface area contributed by atoms with Crippen molar-refractivity contribution in [3.63, 3.8) is 0 Å². The average molecular weight is 285 g/mol. The summed E-state index contributed by atoms with van der Waals surface area (Å²) in [6, 6.07) is 0. The Hall–Kier alpha value is -1.52. The number of esters is 1. The van der Waals surface area contributed by atoms with Crippen LogP contribution in [0.3, 0.4) is 0 Å². The normalized spacial score (nSPS) is 15.3.